The molecule has 0 heterocycles. The Morgan fingerprint density at radius 2 is 1.61 bits per heavy atom. The fraction of sp³-hybridized carbons (Fsp3) is 0.355. The van der Waals surface area contributed by atoms with Crippen molar-refractivity contribution in [2.75, 3.05) is 31.6 Å². The van der Waals surface area contributed by atoms with Crippen molar-refractivity contribution in [2.45, 2.75) is 51.1 Å². The second kappa shape index (κ2) is 14.5. The van der Waals surface area contributed by atoms with Gasteiger partial charge in [-0.05, 0) is 55.2 Å². The largest absolute Gasteiger partial charge is 0.497 e. The van der Waals surface area contributed by atoms with Crippen molar-refractivity contribution in [1.82, 2.24) is 10.2 Å². The van der Waals surface area contributed by atoms with Crippen LogP contribution in [0.5, 0.6) is 11.5 Å². The highest BCUT2D eigenvalue weighted by Gasteiger charge is 2.35. The number of nitrogens with zero attached hydrogens (tertiary/aromatic N) is 2. The quantitative estimate of drug-likeness (QED) is 0.300. The minimum atomic E-state index is -4.24. The normalized spacial score (nSPS) is 11.8. The van der Waals surface area contributed by atoms with E-state index in [0.29, 0.717) is 18.7 Å². The summed E-state index contributed by atoms with van der Waals surface area (Å²) < 4.78 is 40.0. The van der Waals surface area contributed by atoms with Gasteiger partial charge >= 0.3 is 0 Å². The topological polar surface area (TPSA) is 105 Å². The van der Waals surface area contributed by atoms with E-state index in [0.717, 1.165) is 21.9 Å². The summed E-state index contributed by atoms with van der Waals surface area (Å²) in [6, 6.07) is 19.4. The second-order valence-corrected chi connectivity index (χ2v) is 11.4. The van der Waals surface area contributed by atoms with Crippen LogP contribution in [0.2, 0.25) is 0 Å². The van der Waals surface area contributed by atoms with Gasteiger partial charge in [-0.25, -0.2) is 8.42 Å². The third-order valence-electron chi connectivity index (χ3n) is 6.80. The van der Waals surface area contributed by atoms with E-state index >= 15 is 0 Å². The molecular formula is C31H39N3O6S. The molecule has 0 aliphatic rings. The van der Waals surface area contributed by atoms with Gasteiger partial charge in [0.2, 0.25) is 11.8 Å². The molecule has 1 N–H and O–H groups in total. The number of carbonyl (C=O) groups is 2. The third-order valence-corrected chi connectivity index (χ3v) is 8.58. The number of rotatable bonds is 14. The Kier molecular flexibility index (Phi) is 11.2. The molecule has 0 radical (unpaired) electrons. The van der Waals surface area contributed by atoms with Crippen molar-refractivity contribution in [3.05, 3.63) is 83.9 Å². The number of sulfonamides is 1. The summed E-state index contributed by atoms with van der Waals surface area (Å²) in [5.41, 5.74) is 1.96. The van der Waals surface area contributed by atoms with Crippen molar-refractivity contribution in [2.24, 2.45) is 0 Å². The maximum atomic E-state index is 14.2. The van der Waals surface area contributed by atoms with Gasteiger partial charge in [-0.1, -0.05) is 56.3 Å². The lowest BCUT2D eigenvalue weighted by Gasteiger charge is -2.34. The van der Waals surface area contributed by atoms with Crippen molar-refractivity contribution in [3.8, 4) is 11.5 Å². The summed E-state index contributed by atoms with van der Waals surface area (Å²) in [5, 5.41) is 2.89. The number of anilines is 1. The van der Waals surface area contributed by atoms with E-state index in [9.17, 15) is 18.0 Å². The third kappa shape index (κ3) is 7.58. The van der Waals surface area contributed by atoms with Gasteiger partial charge in [0.15, 0.2) is 0 Å². The highest BCUT2D eigenvalue weighted by atomic mass is 32.2. The van der Waals surface area contributed by atoms with Crippen LogP contribution in [-0.2, 0) is 26.2 Å². The minimum absolute atomic E-state index is 0.0101. The van der Waals surface area contributed by atoms with Gasteiger partial charge in [0.25, 0.3) is 10.0 Å². The van der Waals surface area contributed by atoms with Crippen molar-refractivity contribution >= 4 is 27.5 Å². The molecular weight excluding hydrogens is 542 g/mol. The molecule has 0 aromatic heterocycles. The molecule has 3 rings (SSSR count). The van der Waals surface area contributed by atoms with E-state index in [4.69, 9.17) is 9.47 Å². The van der Waals surface area contributed by atoms with Crippen molar-refractivity contribution < 1.29 is 27.5 Å². The maximum absolute atomic E-state index is 14.2. The van der Waals surface area contributed by atoms with Gasteiger partial charge in [0.05, 0.1) is 24.8 Å². The van der Waals surface area contributed by atoms with Gasteiger partial charge in [-0.15, -0.1) is 0 Å². The average molecular weight is 582 g/mol. The van der Waals surface area contributed by atoms with Crippen molar-refractivity contribution in [3.63, 3.8) is 0 Å². The molecule has 41 heavy (non-hydrogen) atoms. The monoisotopic (exact) mass is 581 g/mol. The first-order valence-corrected chi connectivity index (χ1v) is 15.0. The van der Waals surface area contributed by atoms with Crippen LogP contribution in [0, 0.1) is 6.92 Å². The Balaban J connectivity index is 2.14. The minimum Gasteiger partial charge on any atom is -0.497 e. The van der Waals surface area contributed by atoms with E-state index in [1.54, 1.807) is 30.3 Å². The van der Waals surface area contributed by atoms with Crippen LogP contribution < -0.4 is 19.1 Å². The smallest absolute Gasteiger partial charge is 0.264 e. The van der Waals surface area contributed by atoms with Gasteiger partial charge in [0, 0.05) is 19.2 Å². The van der Waals surface area contributed by atoms with E-state index < -0.39 is 28.5 Å². The second-order valence-electron chi connectivity index (χ2n) is 9.53. The first-order valence-electron chi connectivity index (χ1n) is 13.6. The summed E-state index contributed by atoms with van der Waals surface area (Å²) >= 11 is 0. The lowest BCUT2D eigenvalue weighted by atomic mass is 10.1. The summed E-state index contributed by atoms with van der Waals surface area (Å²) in [4.78, 5) is 28.9. The number of methoxy groups -OCH3 is 2. The predicted molar refractivity (Wildman–Crippen MR) is 160 cm³/mol. The summed E-state index contributed by atoms with van der Waals surface area (Å²) in [7, 11) is -1.34. The Morgan fingerprint density at radius 3 is 2.22 bits per heavy atom. The van der Waals surface area contributed by atoms with E-state index in [1.807, 2.05) is 45.0 Å². The number of nitrogens with one attached hydrogen (secondary N) is 1. The number of carbonyl (C=O) groups excluding carboxylic acids is 2. The molecule has 9 nitrogen and oxygen atoms in total. The molecule has 10 heteroatoms. The molecule has 0 fully saturated rings. The molecule has 0 aliphatic carbocycles. The predicted octanol–water partition coefficient (Wildman–Crippen LogP) is 4.54. The van der Waals surface area contributed by atoms with Crippen LogP contribution in [0.15, 0.2) is 77.7 Å². The Hall–Kier alpha value is -4.05. The molecule has 3 aromatic carbocycles. The standard InChI is InChI=1S/C31H39N3O6S/c1-6-19-32-31(36)27(7-2)33(21-24-14-12-11-13-23(24)3)30(35)22-34(41(37,38)26-15-9-8-10-16-26)28-20-25(39-4)17-18-29(28)40-5/h8-18,20,27H,6-7,19,21-22H2,1-5H3,(H,32,36). The SMILES string of the molecule is CCCNC(=O)C(CC)N(Cc1ccccc1C)C(=O)CN(c1cc(OC)ccc1OC)S(=O)(=O)c1ccccc1. The fourth-order valence-electron chi connectivity index (χ4n) is 4.48. The Morgan fingerprint density at radius 1 is 0.927 bits per heavy atom. The van der Waals surface area contributed by atoms with E-state index in [-0.39, 0.29) is 28.8 Å². The number of amides is 2. The highest BCUT2D eigenvalue weighted by Crippen LogP contribution is 2.36. The summed E-state index contributed by atoms with van der Waals surface area (Å²) in [6.45, 7) is 5.76. The van der Waals surface area contributed by atoms with E-state index in [1.165, 1.54) is 37.3 Å². The fourth-order valence-corrected chi connectivity index (χ4v) is 5.92. The van der Waals surface area contributed by atoms with Crippen LogP contribution in [0.4, 0.5) is 5.69 Å². The van der Waals surface area contributed by atoms with E-state index in [2.05, 4.69) is 5.32 Å². The molecule has 1 atom stereocenters. The van der Waals surface area contributed by atoms with Crippen LogP contribution in [0.1, 0.15) is 37.8 Å². The zero-order valence-corrected chi connectivity index (χ0v) is 25.1. The van der Waals surface area contributed by atoms with Gasteiger partial charge < -0.3 is 19.7 Å². The molecule has 0 saturated carbocycles. The summed E-state index contributed by atoms with van der Waals surface area (Å²) in [5.74, 6) is -0.177. The lowest BCUT2D eigenvalue weighted by Crippen LogP contribution is -2.52. The molecule has 1 unspecified atom stereocenters. The molecule has 0 saturated heterocycles. The summed E-state index contributed by atoms with van der Waals surface area (Å²) in [6.07, 6.45) is 1.09. The highest BCUT2D eigenvalue weighted by molar-refractivity contribution is 7.92. The number of hydrogen-bond acceptors (Lipinski definition) is 6. The zero-order valence-electron chi connectivity index (χ0n) is 24.3. The molecule has 0 aliphatic heterocycles. The van der Waals surface area contributed by atoms with Gasteiger partial charge in [0.1, 0.15) is 24.1 Å². The van der Waals surface area contributed by atoms with Crippen LogP contribution in [0.3, 0.4) is 0 Å². The number of benzene rings is 3. The van der Waals surface area contributed by atoms with Gasteiger partial charge in [-0.2, -0.15) is 0 Å². The average Bonchev–Trinajstić information content (AvgIpc) is 2.99. The van der Waals surface area contributed by atoms with Gasteiger partial charge in [-0.3, -0.25) is 13.9 Å². The van der Waals surface area contributed by atoms with Crippen LogP contribution in [0.25, 0.3) is 0 Å². The Labute approximate surface area is 243 Å². The number of ether oxygens (including phenoxy) is 2. The Bertz CT molecular complexity index is 1430. The number of hydrogen-bond donors (Lipinski definition) is 1. The molecule has 3 aromatic rings. The number of aryl methyl sites for hydroxylation is 1. The first-order chi connectivity index (χ1) is 19.7. The van der Waals surface area contributed by atoms with Crippen molar-refractivity contribution in [1.29, 1.82) is 0 Å². The van der Waals surface area contributed by atoms with Crippen LogP contribution >= 0.6 is 0 Å². The molecule has 220 valence electrons. The maximum Gasteiger partial charge on any atom is 0.264 e. The zero-order chi connectivity index (χ0) is 30.0. The first kappa shape index (κ1) is 31.5. The molecule has 2 amide bonds. The molecule has 0 spiro atoms. The lowest BCUT2D eigenvalue weighted by molar-refractivity contribution is -0.140. The van der Waals surface area contributed by atoms with Crippen LogP contribution in [-0.4, -0.2) is 58.5 Å². The molecule has 0 bridgehead atoms.